The zero-order chi connectivity index (χ0) is 23.8. The number of anilines is 1. The number of piperidine rings is 1. The largest absolute Gasteiger partial charge is 0.507 e. The van der Waals surface area contributed by atoms with E-state index in [0.29, 0.717) is 35.9 Å². The van der Waals surface area contributed by atoms with Gasteiger partial charge < -0.3 is 15.5 Å². The lowest BCUT2D eigenvalue weighted by molar-refractivity contribution is -0.139. The van der Waals surface area contributed by atoms with Gasteiger partial charge in [0.25, 0.3) is 0 Å². The van der Waals surface area contributed by atoms with Gasteiger partial charge in [-0.3, -0.25) is 14.7 Å². The van der Waals surface area contributed by atoms with E-state index in [0.717, 1.165) is 18.9 Å². The molecule has 174 valence electrons. The number of fused-ring (bicyclic) bond motifs is 1. The number of rotatable bonds is 5. The number of nitrogens with zero attached hydrogens (tertiary/aromatic N) is 4. The summed E-state index contributed by atoms with van der Waals surface area (Å²) in [7, 11) is 0. The summed E-state index contributed by atoms with van der Waals surface area (Å²) in [6.07, 6.45) is -1.41. The molecule has 8 nitrogen and oxygen atoms in total. The number of hydrogen-bond acceptors (Lipinski definition) is 7. The minimum atomic E-state index is -4.59. The highest BCUT2D eigenvalue weighted by Crippen LogP contribution is 2.40. The van der Waals surface area contributed by atoms with Crippen molar-refractivity contribution in [2.45, 2.75) is 32.0 Å². The monoisotopic (exact) mass is 461 g/mol. The van der Waals surface area contributed by atoms with Crippen LogP contribution in [0, 0.1) is 6.92 Å². The number of pyridine rings is 1. The fourth-order valence-corrected chi connectivity index (χ4v) is 4.20. The number of alkyl halides is 3. The van der Waals surface area contributed by atoms with Crippen molar-refractivity contribution in [1.82, 2.24) is 20.1 Å². The zero-order valence-corrected chi connectivity index (χ0v) is 17.7. The number of phenols is 1. The van der Waals surface area contributed by atoms with Crippen LogP contribution < -0.4 is 5.32 Å². The summed E-state index contributed by atoms with van der Waals surface area (Å²) in [6, 6.07) is 5.04. The maximum atomic E-state index is 13.1. The van der Waals surface area contributed by atoms with Crippen molar-refractivity contribution >= 4 is 22.7 Å². The van der Waals surface area contributed by atoms with Crippen LogP contribution in [0.4, 0.5) is 19.0 Å². The fraction of sp³-hybridized carbons (Fsp3) is 0.364. The second-order valence-electron chi connectivity index (χ2n) is 8.09. The van der Waals surface area contributed by atoms with Crippen molar-refractivity contribution in [3.63, 3.8) is 0 Å². The van der Waals surface area contributed by atoms with Crippen LogP contribution in [0.25, 0.3) is 22.2 Å². The molecule has 3 heterocycles. The molecule has 1 aliphatic rings. The molecule has 0 radical (unpaired) electrons. The molecule has 33 heavy (non-hydrogen) atoms. The van der Waals surface area contributed by atoms with Crippen molar-refractivity contribution in [1.29, 1.82) is 0 Å². The van der Waals surface area contributed by atoms with E-state index in [1.807, 2.05) is 4.90 Å². The number of hydrogen-bond donors (Lipinski definition) is 3. The smallest absolute Gasteiger partial charge is 0.416 e. The van der Waals surface area contributed by atoms with Crippen LogP contribution in [0.5, 0.6) is 5.75 Å². The molecule has 0 aliphatic carbocycles. The van der Waals surface area contributed by atoms with E-state index in [4.69, 9.17) is 5.11 Å². The lowest BCUT2D eigenvalue weighted by Gasteiger charge is -2.32. The molecule has 1 saturated heterocycles. The highest BCUT2D eigenvalue weighted by molar-refractivity contribution is 5.98. The molecule has 1 fully saturated rings. The van der Waals surface area contributed by atoms with E-state index in [1.54, 1.807) is 12.1 Å². The van der Waals surface area contributed by atoms with Crippen LogP contribution >= 0.6 is 0 Å². The summed E-state index contributed by atoms with van der Waals surface area (Å²) in [4.78, 5) is 17.2. The van der Waals surface area contributed by atoms with Gasteiger partial charge in [0.2, 0.25) is 0 Å². The molecular formula is C22H22F3N5O3. The number of phenolic OH excluding ortho intramolecular Hbond substituents is 1. The summed E-state index contributed by atoms with van der Waals surface area (Å²) >= 11 is 0. The summed E-state index contributed by atoms with van der Waals surface area (Å²) in [5.41, 5.74) is -0.0627. The third-order valence-electron chi connectivity index (χ3n) is 5.62. The quantitative estimate of drug-likeness (QED) is 0.528. The maximum absolute atomic E-state index is 13.1. The number of nitrogens with one attached hydrogen (secondary N) is 1. The van der Waals surface area contributed by atoms with Gasteiger partial charge in [-0.15, -0.1) is 10.2 Å². The van der Waals surface area contributed by atoms with Crippen molar-refractivity contribution in [2.24, 2.45) is 0 Å². The minimum Gasteiger partial charge on any atom is -0.507 e. The average Bonchev–Trinajstić information content (AvgIpc) is 2.74. The Morgan fingerprint density at radius 3 is 2.79 bits per heavy atom. The first-order valence-corrected chi connectivity index (χ1v) is 10.4. The predicted octanol–water partition coefficient (Wildman–Crippen LogP) is 3.69. The number of aromatic nitrogens is 3. The summed E-state index contributed by atoms with van der Waals surface area (Å²) in [6.45, 7) is 2.64. The Kier molecular flexibility index (Phi) is 6.07. The first kappa shape index (κ1) is 22.7. The molecule has 0 bridgehead atoms. The Bertz CT molecular complexity index is 1180. The van der Waals surface area contributed by atoms with Crippen LogP contribution in [0.3, 0.4) is 0 Å². The number of carbonyl (C=O) groups is 1. The molecule has 1 unspecified atom stereocenters. The standard InChI is InChI=1S/C22H22F3N5O3/c1-12-8-13(22(23,24)25)9-16(31)18(12)20-19-15(5-2-6-26-19)21(29-28-20)27-14-4-3-7-30(10-14)11-17(32)33/h2,5-6,8-9,14,31H,3-4,7,10-11H2,1H3,(H,27,29)(H,32,33). The molecule has 2 aromatic heterocycles. The van der Waals surface area contributed by atoms with E-state index >= 15 is 0 Å². The molecule has 3 N–H and O–H groups in total. The van der Waals surface area contributed by atoms with Gasteiger partial charge >= 0.3 is 12.1 Å². The van der Waals surface area contributed by atoms with Gasteiger partial charge in [-0.25, -0.2) is 0 Å². The lowest BCUT2D eigenvalue weighted by Crippen LogP contribution is -2.44. The molecule has 0 saturated carbocycles. The number of aromatic hydroxyl groups is 1. The average molecular weight is 461 g/mol. The molecule has 3 aromatic rings. The summed E-state index contributed by atoms with van der Waals surface area (Å²) in [5, 5.41) is 31.8. The van der Waals surface area contributed by atoms with Crippen molar-refractivity contribution in [3.8, 4) is 17.0 Å². The van der Waals surface area contributed by atoms with Gasteiger partial charge in [0.05, 0.1) is 12.1 Å². The number of likely N-dealkylation sites (tertiary alicyclic amines) is 1. The predicted molar refractivity (Wildman–Crippen MR) is 115 cm³/mol. The second kappa shape index (κ2) is 8.81. The van der Waals surface area contributed by atoms with Gasteiger partial charge in [0.1, 0.15) is 17.0 Å². The Morgan fingerprint density at radius 2 is 2.09 bits per heavy atom. The van der Waals surface area contributed by atoms with E-state index in [9.17, 15) is 23.1 Å². The molecule has 0 amide bonds. The SMILES string of the molecule is Cc1cc(C(F)(F)F)cc(O)c1-c1nnc(NC2CCCN(CC(=O)O)C2)c2cccnc12. The van der Waals surface area contributed by atoms with Gasteiger partial charge in [-0.2, -0.15) is 13.2 Å². The van der Waals surface area contributed by atoms with Crippen LogP contribution in [0.15, 0.2) is 30.5 Å². The normalized spacial score (nSPS) is 17.3. The third kappa shape index (κ3) is 4.82. The number of aliphatic carboxylic acids is 1. The maximum Gasteiger partial charge on any atom is 0.416 e. The molecule has 1 aromatic carbocycles. The van der Waals surface area contributed by atoms with E-state index in [1.165, 1.54) is 13.1 Å². The summed E-state index contributed by atoms with van der Waals surface area (Å²) < 4.78 is 39.3. The second-order valence-corrected chi connectivity index (χ2v) is 8.09. The molecule has 11 heteroatoms. The van der Waals surface area contributed by atoms with Gasteiger partial charge in [-0.1, -0.05) is 0 Å². The van der Waals surface area contributed by atoms with Gasteiger partial charge in [-0.05, 0) is 56.1 Å². The molecule has 1 atom stereocenters. The van der Waals surface area contributed by atoms with Crippen LogP contribution in [-0.4, -0.2) is 61.9 Å². The lowest BCUT2D eigenvalue weighted by atomic mass is 9.99. The van der Waals surface area contributed by atoms with Crippen molar-refractivity contribution in [2.75, 3.05) is 25.0 Å². The minimum absolute atomic E-state index is 0.0441. The third-order valence-corrected chi connectivity index (χ3v) is 5.62. The highest BCUT2D eigenvalue weighted by Gasteiger charge is 2.32. The number of aryl methyl sites for hydroxylation is 1. The molecular weight excluding hydrogens is 439 g/mol. The van der Waals surface area contributed by atoms with E-state index < -0.39 is 23.5 Å². The van der Waals surface area contributed by atoms with Gasteiger partial charge in [0, 0.05) is 29.7 Å². The zero-order valence-electron chi connectivity index (χ0n) is 17.7. The van der Waals surface area contributed by atoms with Gasteiger partial charge in [0.15, 0.2) is 5.82 Å². The van der Waals surface area contributed by atoms with Crippen LogP contribution in [0.2, 0.25) is 0 Å². The first-order valence-electron chi connectivity index (χ1n) is 10.4. The van der Waals surface area contributed by atoms with Crippen LogP contribution in [0.1, 0.15) is 24.0 Å². The van der Waals surface area contributed by atoms with Crippen molar-refractivity contribution < 1.29 is 28.2 Å². The molecule has 1 aliphatic heterocycles. The Balaban J connectivity index is 1.70. The number of halogens is 3. The van der Waals surface area contributed by atoms with E-state index in [-0.39, 0.29) is 29.4 Å². The number of carboxylic acids is 1. The highest BCUT2D eigenvalue weighted by atomic mass is 19.4. The Morgan fingerprint density at radius 1 is 1.30 bits per heavy atom. The topological polar surface area (TPSA) is 111 Å². The fourth-order valence-electron chi connectivity index (χ4n) is 4.20. The van der Waals surface area contributed by atoms with Crippen molar-refractivity contribution in [3.05, 3.63) is 41.6 Å². The number of benzene rings is 1. The number of carboxylic acid groups (broad SMARTS) is 1. The summed E-state index contributed by atoms with van der Waals surface area (Å²) in [5.74, 6) is -1.00. The molecule has 4 rings (SSSR count). The molecule has 0 spiro atoms. The first-order chi connectivity index (χ1) is 15.6. The Labute approximate surface area is 187 Å². The Hall–Kier alpha value is -3.47. The van der Waals surface area contributed by atoms with E-state index in [2.05, 4.69) is 20.5 Å². The van der Waals surface area contributed by atoms with Crippen LogP contribution in [-0.2, 0) is 11.0 Å².